The van der Waals surface area contributed by atoms with Gasteiger partial charge in [-0.3, -0.25) is 9.54 Å². The summed E-state index contributed by atoms with van der Waals surface area (Å²) in [5.41, 5.74) is 0.698. The average molecular weight is 395 g/mol. The molecule has 0 N–H and O–H groups in total. The van der Waals surface area contributed by atoms with E-state index in [0.717, 1.165) is 15.9 Å². The number of hydrogen-bond acceptors (Lipinski definition) is 2. The number of hydrogen-bond donors (Lipinski definition) is 0. The standard InChI is InChI=1S/C26H22NOP/c28-26(22-13-5-1-6-14-22)21-27-29(23-15-7-2-8-16-23,24-17-9-3-10-18-24)25-19-11-4-12-20-25/h1-20H,21H2. The second kappa shape index (κ2) is 8.86. The van der Waals surface area contributed by atoms with E-state index in [4.69, 9.17) is 4.74 Å². The minimum atomic E-state index is -2.32. The molecule has 3 heteroatoms. The minimum absolute atomic E-state index is 0.0396. The van der Waals surface area contributed by atoms with Crippen LogP contribution in [0.4, 0.5) is 0 Å². The molecular weight excluding hydrogens is 373 g/mol. The molecule has 0 aromatic heterocycles. The van der Waals surface area contributed by atoms with Gasteiger partial charge in [0.05, 0.1) is 7.05 Å². The number of ketones is 1. The Labute approximate surface area is 171 Å². The Morgan fingerprint density at radius 2 is 0.897 bits per heavy atom. The van der Waals surface area contributed by atoms with Crippen LogP contribution in [-0.4, -0.2) is 12.3 Å². The van der Waals surface area contributed by atoms with E-state index in [1.165, 1.54) is 0 Å². The number of nitrogens with zero attached hydrogens (tertiary/aromatic N) is 1. The van der Waals surface area contributed by atoms with Crippen molar-refractivity contribution in [2.45, 2.75) is 0 Å². The summed E-state index contributed by atoms with van der Waals surface area (Å²) >= 11 is 0. The summed E-state index contributed by atoms with van der Waals surface area (Å²) < 4.78 is 5.20. The summed E-state index contributed by atoms with van der Waals surface area (Å²) in [6.45, 7) is 0.149. The Hall–Kier alpha value is -3.22. The topological polar surface area (TPSA) is 29.4 Å². The first-order valence-electron chi connectivity index (χ1n) is 9.64. The van der Waals surface area contributed by atoms with Crippen molar-refractivity contribution >= 4 is 28.8 Å². The molecule has 0 saturated heterocycles. The molecule has 0 radical (unpaired) electrons. The molecule has 0 aliphatic rings. The lowest BCUT2D eigenvalue weighted by atomic mass is 10.1. The van der Waals surface area contributed by atoms with Gasteiger partial charge < -0.3 is 0 Å². The average Bonchev–Trinajstić information content (AvgIpc) is 2.82. The fourth-order valence-corrected chi connectivity index (χ4v) is 7.04. The van der Waals surface area contributed by atoms with E-state index < -0.39 is 7.05 Å². The summed E-state index contributed by atoms with van der Waals surface area (Å²) in [5.74, 6) is 0.0396. The van der Waals surface area contributed by atoms with Crippen LogP contribution in [0.5, 0.6) is 0 Å². The quantitative estimate of drug-likeness (QED) is 0.332. The van der Waals surface area contributed by atoms with E-state index >= 15 is 0 Å². The SMILES string of the molecule is O=C(CN=P(c1ccccc1)(c1ccccc1)c1ccccc1)c1ccccc1. The first-order chi connectivity index (χ1) is 14.3. The molecule has 29 heavy (non-hydrogen) atoms. The molecule has 0 spiro atoms. The van der Waals surface area contributed by atoms with Gasteiger partial charge >= 0.3 is 0 Å². The molecule has 0 amide bonds. The van der Waals surface area contributed by atoms with E-state index in [-0.39, 0.29) is 12.3 Å². The zero-order valence-corrected chi connectivity index (χ0v) is 17.0. The van der Waals surface area contributed by atoms with Crippen molar-refractivity contribution < 1.29 is 4.79 Å². The first-order valence-corrected chi connectivity index (χ1v) is 11.4. The third kappa shape index (κ3) is 3.99. The molecule has 4 aromatic carbocycles. The van der Waals surface area contributed by atoms with Gasteiger partial charge in [0.2, 0.25) is 0 Å². The second-order valence-corrected chi connectivity index (χ2v) is 9.83. The normalized spacial score (nSPS) is 11.0. The molecule has 0 unspecified atom stereocenters. The fraction of sp³-hybridized carbons (Fsp3) is 0.0385. The summed E-state index contributed by atoms with van der Waals surface area (Å²) in [6, 6.07) is 40.5. The highest BCUT2D eigenvalue weighted by atomic mass is 31.2. The number of carbonyl (C=O) groups is 1. The number of Topliss-reactive ketones (excluding diaryl/α,β-unsaturated/α-hetero) is 1. The van der Waals surface area contributed by atoms with Gasteiger partial charge in [-0.1, -0.05) is 121 Å². The summed E-state index contributed by atoms with van der Waals surface area (Å²) in [4.78, 5) is 12.9. The molecule has 0 aliphatic carbocycles. The maximum atomic E-state index is 12.9. The molecule has 2 nitrogen and oxygen atoms in total. The molecule has 0 aliphatic heterocycles. The van der Waals surface area contributed by atoms with Gasteiger partial charge in [-0.15, -0.1) is 0 Å². The summed E-state index contributed by atoms with van der Waals surface area (Å²) in [6.07, 6.45) is 0. The van der Waals surface area contributed by atoms with Gasteiger partial charge in [0.15, 0.2) is 5.78 Å². The highest BCUT2D eigenvalue weighted by Crippen LogP contribution is 2.46. The molecule has 4 aromatic rings. The molecule has 0 fully saturated rings. The van der Waals surface area contributed by atoms with Crippen molar-refractivity contribution in [3.63, 3.8) is 0 Å². The van der Waals surface area contributed by atoms with Gasteiger partial charge in [-0.25, -0.2) is 0 Å². The van der Waals surface area contributed by atoms with Gasteiger partial charge in [-0.05, 0) is 0 Å². The first kappa shape index (κ1) is 19.1. The third-order valence-corrected chi connectivity index (χ3v) is 8.61. The van der Waals surface area contributed by atoms with Crippen molar-refractivity contribution in [1.82, 2.24) is 0 Å². The molecule has 0 saturated carbocycles. The second-order valence-electron chi connectivity index (χ2n) is 6.73. The molecule has 4 rings (SSSR count). The third-order valence-electron chi connectivity index (χ3n) is 4.91. The zero-order valence-electron chi connectivity index (χ0n) is 16.1. The van der Waals surface area contributed by atoms with Gasteiger partial charge in [-0.2, -0.15) is 0 Å². The maximum absolute atomic E-state index is 12.9. The van der Waals surface area contributed by atoms with Crippen LogP contribution in [0, 0.1) is 0 Å². The monoisotopic (exact) mass is 395 g/mol. The Kier molecular flexibility index (Phi) is 5.84. The van der Waals surface area contributed by atoms with Gasteiger partial charge in [0, 0.05) is 21.5 Å². The van der Waals surface area contributed by atoms with Gasteiger partial charge in [0.1, 0.15) is 6.54 Å². The van der Waals surface area contributed by atoms with Crippen molar-refractivity contribution in [3.05, 3.63) is 127 Å². The lowest BCUT2D eigenvalue weighted by Gasteiger charge is -2.27. The van der Waals surface area contributed by atoms with Crippen LogP contribution in [-0.2, 0) is 0 Å². The smallest absolute Gasteiger partial charge is 0.184 e. The van der Waals surface area contributed by atoms with Crippen LogP contribution < -0.4 is 15.9 Å². The lowest BCUT2D eigenvalue weighted by Crippen LogP contribution is -2.26. The highest BCUT2D eigenvalue weighted by molar-refractivity contribution is 7.87. The van der Waals surface area contributed by atoms with Crippen LogP contribution >= 0.6 is 7.05 Å². The predicted molar refractivity (Wildman–Crippen MR) is 123 cm³/mol. The highest BCUT2D eigenvalue weighted by Gasteiger charge is 2.27. The van der Waals surface area contributed by atoms with Crippen LogP contribution in [0.1, 0.15) is 10.4 Å². The van der Waals surface area contributed by atoms with E-state index in [1.807, 2.05) is 84.9 Å². The van der Waals surface area contributed by atoms with Crippen molar-refractivity contribution in [3.8, 4) is 0 Å². The summed E-state index contributed by atoms with van der Waals surface area (Å²) in [5, 5.41) is 3.45. The number of benzene rings is 4. The molecule has 0 atom stereocenters. The Morgan fingerprint density at radius 1 is 0.552 bits per heavy atom. The van der Waals surface area contributed by atoms with Crippen LogP contribution in [0.15, 0.2) is 126 Å². The zero-order chi connectivity index (χ0) is 19.9. The minimum Gasteiger partial charge on any atom is -0.292 e. The predicted octanol–water partition coefficient (Wildman–Crippen LogP) is 5.05. The Morgan fingerprint density at radius 3 is 1.28 bits per heavy atom. The largest absolute Gasteiger partial charge is 0.292 e. The molecular formula is C26H22NOP. The van der Waals surface area contributed by atoms with E-state index in [2.05, 4.69) is 36.4 Å². The van der Waals surface area contributed by atoms with Crippen molar-refractivity contribution in [2.24, 2.45) is 4.74 Å². The van der Waals surface area contributed by atoms with Crippen molar-refractivity contribution in [1.29, 1.82) is 0 Å². The molecule has 0 bridgehead atoms. The number of carbonyl (C=O) groups excluding carboxylic acids is 1. The van der Waals surface area contributed by atoms with E-state index in [1.54, 1.807) is 0 Å². The fourth-order valence-electron chi connectivity index (χ4n) is 3.51. The van der Waals surface area contributed by atoms with Gasteiger partial charge in [0.25, 0.3) is 0 Å². The molecule has 0 heterocycles. The Balaban J connectivity index is 1.94. The van der Waals surface area contributed by atoms with Crippen molar-refractivity contribution in [2.75, 3.05) is 6.54 Å². The Bertz CT molecular complexity index is 1020. The van der Waals surface area contributed by atoms with Crippen LogP contribution in [0.2, 0.25) is 0 Å². The molecule has 142 valence electrons. The summed E-state index contributed by atoms with van der Waals surface area (Å²) in [7, 11) is -2.32. The lowest BCUT2D eigenvalue weighted by molar-refractivity contribution is 0.100. The van der Waals surface area contributed by atoms with E-state index in [0.29, 0.717) is 5.56 Å². The van der Waals surface area contributed by atoms with Crippen LogP contribution in [0.3, 0.4) is 0 Å². The number of rotatable bonds is 6. The van der Waals surface area contributed by atoms with E-state index in [9.17, 15) is 4.79 Å². The maximum Gasteiger partial charge on any atom is 0.184 e. The van der Waals surface area contributed by atoms with Crippen LogP contribution in [0.25, 0.3) is 0 Å².